The van der Waals surface area contributed by atoms with E-state index in [9.17, 15) is 18.0 Å². The molecule has 0 bridgehead atoms. The molecule has 2 aliphatic heterocycles. The second-order valence-corrected chi connectivity index (χ2v) is 9.95. The van der Waals surface area contributed by atoms with E-state index in [-0.39, 0.29) is 48.0 Å². The van der Waals surface area contributed by atoms with Crippen molar-refractivity contribution < 1.29 is 18.0 Å². The Kier molecular flexibility index (Phi) is 5.45. The molecule has 3 heterocycles. The van der Waals surface area contributed by atoms with Crippen molar-refractivity contribution in [2.45, 2.75) is 37.4 Å². The zero-order chi connectivity index (χ0) is 18.0. The summed E-state index contributed by atoms with van der Waals surface area (Å²) >= 11 is 1.55. The van der Waals surface area contributed by atoms with Gasteiger partial charge in [0.2, 0.25) is 11.8 Å². The zero-order valence-electron chi connectivity index (χ0n) is 14.1. The number of hydrogen-bond donors (Lipinski definition) is 2. The molecule has 3 atom stereocenters. The molecule has 2 fully saturated rings. The van der Waals surface area contributed by atoms with Crippen LogP contribution in [0.2, 0.25) is 0 Å². The molecule has 2 N–H and O–H groups in total. The lowest BCUT2D eigenvalue weighted by Crippen LogP contribution is -2.52. The SMILES string of the molecule is CN(CC(=O)N[C@@H]1CCC(=O)N[C@H]1c1cccs1)C1CCS(=O)(=O)C1. The molecule has 0 aromatic carbocycles. The third-order valence-electron chi connectivity index (χ3n) is 4.82. The van der Waals surface area contributed by atoms with Crippen LogP contribution in [0.4, 0.5) is 0 Å². The normalized spacial score (nSPS) is 28.7. The molecule has 1 aromatic rings. The number of carbonyl (C=O) groups excluding carboxylic acids is 2. The maximum Gasteiger partial charge on any atom is 0.234 e. The van der Waals surface area contributed by atoms with E-state index in [2.05, 4.69) is 10.6 Å². The molecule has 9 heteroatoms. The number of rotatable bonds is 5. The molecular weight excluding hydrogens is 362 g/mol. The van der Waals surface area contributed by atoms with E-state index < -0.39 is 9.84 Å². The largest absolute Gasteiger partial charge is 0.350 e. The number of hydrogen-bond acceptors (Lipinski definition) is 6. The van der Waals surface area contributed by atoms with Gasteiger partial charge in [-0.15, -0.1) is 11.3 Å². The molecule has 0 aliphatic carbocycles. The van der Waals surface area contributed by atoms with Crippen molar-refractivity contribution in [2.75, 3.05) is 25.1 Å². The third-order valence-corrected chi connectivity index (χ3v) is 7.53. The van der Waals surface area contributed by atoms with Crippen molar-refractivity contribution in [3.63, 3.8) is 0 Å². The maximum absolute atomic E-state index is 12.4. The Morgan fingerprint density at radius 2 is 2.24 bits per heavy atom. The first kappa shape index (κ1) is 18.3. The number of nitrogens with zero attached hydrogens (tertiary/aromatic N) is 1. The number of nitrogens with one attached hydrogen (secondary N) is 2. The summed E-state index contributed by atoms with van der Waals surface area (Å²) in [4.78, 5) is 27.0. The molecule has 2 amide bonds. The molecule has 3 rings (SSSR count). The third kappa shape index (κ3) is 4.59. The van der Waals surface area contributed by atoms with Crippen LogP contribution in [0.15, 0.2) is 17.5 Å². The predicted molar refractivity (Wildman–Crippen MR) is 96.1 cm³/mol. The lowest BCUT2D eigenvalue weighted by Gasteiger charge is -2.33. The van der Waals surface area contributed by atoms with Crippen LogP contribution < -0.4 is 10.6 Å². The molecule has 2 aliphatic rings. The van der Waals surface area contributed by atoms with E-state index in [1.807, 2.05) is 17.5 Å². The average Bonchev–Trinajstić information content (AvgIpc) is 3.18. The van der Waals surface area contributed by atoms with Gasteiger partial charge in [0.1, 0.15) is 0 Å². The van der Waals surface area contributed by atoms with Gasteiger partial charge in [-0.2, -0.15) is 0 Å². The van der Waals surface area contributed by atoms with Gasteiger partial charge in [0.25, 0.3) is 0 Å². The summed E-state index contributed by atoms with van der Waals surface area (Å²) in [5, 5.41) is 7.92. The Balaban J connectivity index is 1.58. The molecule has 0 spiro atoms. The van der Waals surface area contributed by atoms with Gasteiger partial charge in [0, 0.05) is 17.3 Å². The highest BCUT2D eigenvalue weighted by molar-refractivity contribution is 7.91. The minimum absolute atomic E-state index is 0.00261. The number of amides is 2. The molecule has 1 aromatic heterocycles. The first-order chi connectivity index (χ1) is 11.8. The minimum Gasteiger partial charge on any atom is -0.350 e. The molecule has 2 saturated heterocycles. The van der Waals surface area contributed by atoms with E-state index in [0.29, 0.717) is 19.3 Å². The highest BCUT2D eigenvalue weighted by Gasteiger charge is 2.34. The fourth-order valence-corrected chi connectivity index (χ4v) is 6.07. The first-order valence-corrected chi connectivity index (χ1v) is 11.1. The molecular formula is C16H23N3O4S2. The van der Waals surface area contributed by atoms with Gasteiger partial charge in [0.15, 0.2) is 9.84 Å². The smallest absolute Gasteiger partial charge is 0.234 e. The molecule has 0 radical (unpaired) electrons. The number of carbonyl (C=O) groups is 2. The number of likely N-dealkylation sites (N-methyl/N-ethyl adjacent to an activating group) is 1. The van der Waals surface area contributed by atoms with Crippen molar-refractivity contribution in [1.29, 1.82) is 0 Å². The first-order valence-electron chi connectivity index (χ1n) is 8.37. The van der Waals surface area contributed by atoms with E-state index in [0.717, 1.165) is 4.88 Å². The average molecular weight is 386 g/mol. The van der Waals surface area contributed by atoms with Gasteiger partial charge in [-0.1, -0.05) is 6.07 Å². The Labute approximate surface area is 151 Å². The standard InChI is InChI=1S/C16H23N3O4S2/c1-19(11-6-8-25(22,23)10-11)9-15(21)17-12-4-5-14(20)18-16(12)13-3-2-7-24-13/h2-3,7,11-12,16H,4-6,8-10H2,1H3,(H,17,21)(H,18,20)/t11?,12-,16-/m1/s1. The minimum atomic E-state index is -2.97. The molecule has 1 unspecified atom stereocenters. The Hall–Kier alpha value is -1.45. The highest BCUT2D eigenvalue weighted by atomic mass is 32.2. The summed E-state index contributed by atoms with van der Waals surface area (Å²) in [6, 6.07) is 3.42. The van der Waals surface area contributed by atoms with Gasteiger partial charge in [-0.05, 0) is 31.3 Å². The predicted octanol–water partition coefficient (Wildman–Crippen LogP) is 0.303. The second kappa shape index (κ2) is 7.43. The summed E-state index contributed by atoms with van der Waals surface area (Å²) in [7, 11) is -1.19. The van der Waals surface area contributed by atoms with Crippen LogP contribution in [0.1, 0.15) is 30.2 Å². The van der Waals surface area contributed by atoms with Gasteiger partial charge < -0.3 is 10.6 Å². The van der Waals surface area contributed by atoms with Gasteiger partial charge in [-0.25, -0.2) is 8.42 Å². The van der Waals surface area contributed by atoms with E-state index >= 15 is 0 Å². The molecule has 0 saturated carbocycles. The van der Waals surface area contributed by atoms with Crippen molar-refractivity contribution in [3.05, 3.63) is 22.4 Å². The topological polar surface area (TPSA) is 95.6 Å². The van der Waals surface area contributed by atoms with Crippen LogP contribution in [0.3, 0.4) is 0 Å². The van der Waals surface area contributed by atoms with Crippen LogP contribution in [0.25, 0.3) is 0 Å². The van der Waals surface area contributed by atoms with Crippen LogP contribution in [-0.4, -0.2) is 62.3 Å². The number of piperidine rings is 1. The van der Waals surface area contributed by atoms with Crippen LogP contribution in [0.5, 0.6) is 0 Å². The van der Waals surface area contributed by atoms with E-state index in [4.69, 9.17) is 0 Å². The lowest BCUT2D eigenvalue weighted by molar-refractivity contribution is -0.127. The number of thiophene rings is 1. The van der Waals surface area contributed by atoms with Crippen LogP contribution in [-0.2, 0) is 19.4 Å². The van der Waals surface area contributed by atoms with Crippen molar-refractivity contribution in [1.82, 2.24) is 15.5 Å². The van der Waals surface area contributed by atoms with Crippen LogP contribution >= 0.6 is 11.3 Å². The van der Waals surface area contributed by atoms with E-state index in [1.165, 1.54) is 0 Å². The summed E-state index contributed by atoms with van der Waals surface area (Å²) in [5.41, 5.74) is 0. The molecule has 25 heavy (non-hydrogen) atoms. The lowest BCUT2D eigenvalue weighted by atomic mass is 9.96. The van der Waals surface area contributed by atoms with Crippen molar-refractivity contribution >= 4 is 33.0 Å². The van der Waals surface area contributed by atoms with Gasteiger partial charge in [0.05, 0.1) is 30.1 Å². The van der Waals surface area contributed by atoms with Crippen molar-refractivity contribution in [3.8, 4) is 0 Å². The molecule has 138 valence electrons. The number of sulfone groups is 1. The van der Waals surface area contributed by atoms with E-state index in [1.54, 1.807) is 23.3 Å². The molecule has 7 nitrogen and oxygen atoms in total. The fraction of sp³-hybridized carbons (Fsp3) is 0.625. The summed E-state index contributed by atoms with van der Waals surface area (Å²) in [6.45, 7) is 0.155. The van der Waals surface area contributed by atoms with Gasteiger partial charge >= 0.3 is 0 Å². The van der Waals surface area contributed by atoms with Gasteiger partial charge in [-0.3, -0.25) is 14.5 Å². The maximum atomic E-state index is 12.4. The Morgan fingerprint density at radius 1 is 1.44 bits per heavy atom. The Morgan fingerprint density at radius 3 is 2.88 bits per heavy atom. The zero-order valence-corrected chi connectivity index (χ0v) is 15.7. The highest BCUT2D eigenvalue weighted by Crippen LogP contribution is 2.27. The second-order valence-electron chi connectivity index (χ2n) is 6.75. The monoisotopic (exact) mass is 385 g/mol. The quantitative estimate of drug-likeness (QED) is 0.760. The summed E-state index contributed by atoms with van der Waals surface area (Å²) < 4.78 is 23.2. The Bertz CT molecular complexity index is 733. The summed E-state index contributed by atoms with van der Waals surface area (Å²) in [5.74, 6) is 0.166. The van der Waals surface area contributed by atoms with Crippen molar-refractivity contribution in [2.24, 2.45) is 0 Å². The van der Waals surface area contributed by atoms with Crippen LogP contribution in [0, 0.1) is 0 Å². The fourth-order valence-electron chi connectivity index (χ4n) is 3.42. The summed E-state index contributed by atoms with van der Waals surface area (Å²) in [6.07, 6.45) is 1.56.